The van der Waals surface area contributed by atoms with E-state index in [0.29, 0.717) is 23.7 Å². The van der Waals surface area contributed by atoms with Gasteiger partial charge in [-0.15, -0.1) is 0 Å². The monoisotopic (exact) mass is 465 g/mol. The molecule has 33 heavy (non-hydrogen) atoms. The molecular weight excluding hydrogens is 438 g/mol. The Balaban J connectivity index is 1.63. The number of fused-ring (bicyclic) bond motifs is 1. The van der Waals surface area contributed by atoms with E-state index in [1.807, 2.05) is 61.3 Å². The summed E-state index contributed by atoms with van der Waals surface area (Å²) in [6.45, 7) is 5.11. The van der Waals surface area contributed by atoms with Crippen LogP contribution in [0.25, 0.3) is 0 Å². The van der Waals surface area contributed by atoms with Crippen LogP contribution in [0.3, 0.4) is 0 Å². The fourth-order valence-electron chi connectivity index (χ4n) is 4.30. The van der Waals surface area contributed by atoms with Crippen LogP contribution in [0, 0.1) is 0 Å². The molecule has 0 fully saturated rings. The highest BCUT2D eigenvalue weighted by atomic mass is 35.5. The van der Waals surface area contributed by atoms with E-state index < -0.39 is 0 Å². The van der Waals surface area contributed by atoms with Crippen molar-refractivity contribution in [2.45, 2.75) is 32.5 Å². The summed E-state index contributed by atoms with van der Waals surface area (Å²) in [6.07, 6.45) is 2.04. The molecule has 2 heterocycles. The van der Waals surface area contributed by atoms with Crippen LogP contribution in [0.1, 0.15) is 41.5 Å². The van der Waals surface area contributed by atoms with Gasteiger partial charge in [0.15, 0.2) is 0 Å². The Morgan fingerprint density at radius 2 is 1.85 bits per heavy atom. The van der Waals surface area contributed by atoms with Crippen molar-refractivity contribution in [2.24, 2.45) is 0 Å². The van der Waals surface area contributed by atoms with Crippen LogP contribution in [0.4, 0.5) is 0 Å². The molecule has 172 valence electrons. The lowest BCUT2D eigenvalue weighted by atomic mass is 9.99. The summed E-state index contributed by atoms with van der Waals surface area (Å²) in [4.78, 5) is 30.3. The number of aromatic nitrogens is 1. The predicted molar refractivity (Wildman–Crippen MR) is 129 cm³/mol. The Kier molecular flexibility index (Phi) is 6.75. The second-order valence-electron chi connectivity index (χ2n) is 8.43. The van der Waals surface area contributed by atoms with Crippen molar-refractivity contribution in [1.82, 2.24) is 14.4 Å². The highest BCUT2D eigenvalue weighted by Crippen LogP contribution is 2.34. The summed E-state index contributed by atoms with van der Waals surface area (Å²) in [5.74, 6) is 0.463. The Bertz CT molecular complexity index is 1140. The van der Waals surface area contributed by atoms with E-state index in [-0.39, 0.29) is 30.4 Å². The van der Waals surface area contributed by atoms with Crippen molar-refractivity contribution in [1.29, 1.82) is 0 Å². The molecule has 0 saturated carbocycles. The summed E-state index contributed by atoms with van der Waals surface area (Å²) in [5.41, 5.74) is 2.53. The molecule has 1 atom stereocenters. The molecule has 4 rings (SSSR count). The van der Waals surface area contributed by atoms with Gasteiger partial charge in [-0.3, -0.25) is 9.59 Å². The van der Waals surface area contributed by atoms with Gasteiger partial charge in [0.25, 0.3) is 5.91 Å². The third-order valence-electron chi connectivity index (χ3n) is 6.05. The normalized spacial score (nSPS) is 15.3. The minimum absolute atomic E-state index is 0.000301. The number of nitrogens with zero attached hydrogens (tertiary/aromatic N) is 3. The quantitative estimate of drug-likeness (QED) is 0.533. The van der Waals surface area contributed by atoms with Crippen molar-refractivity contribution in [3.05, 3.63) is 88.7 Å². The van der Waals surface area contributed by atoms with Crippen molar-refractivity contribution < 1.29 is 14.3 Å². The van der Waals surface area contributed by atoms with Crippen LogP contribution < -0.4 is 4.74 Å². The first kappa shape index (κ1) is 22.9. The molecule has 7 heteroatoms. The van der Waals surface area contributed by atoms with Gasteiger partial charge >= 0.3 is 0 Å². The second kappa shape index (κ2) is 9.71. The Morgan fingerprint density at radius 1 is 1.09 bits per heavy atom. The molecular formula is C26H28ClN3O3. The molecule has 1 aliphatic heterocycles. The van der Waals surface area contributed by atoms with Gasteiger partial charge in [0.05, 0.1) is 13.2 Å². The maximum Gasteiger partial charge on any atom is 0.254 e. The van der Waals surface area contributed by atoms with Crippen molar-refractivity contribution >= 4 is 23.4 Å². The fourth-order valence-corrected chi connectivity index (χ4v) is 4.42. The summed E-state index contributed by atoms with van der Waals surface area (Å²) >= 11 is 5.98. The van der Waals surface area contributed by atoms with Gasteiger partial charge in [0, 0.05) is 41.6 Å². The van der Waals surface area contributed by atoms with Crippen LogP contribution in [0.5, 0.6) is 5.75 Å². The zero-order valence-electron chi connectivity index (χ0n) is 19.1. The van der Waals surface area contributed by atoms with Crippen LogP contribution in [-0.2, 0) is 11.3 Å². The molecule has 1 unspecified atom stereocenters. The first-order valence-electron chi connectivity index (χ1n) is 11.0. The van der Waals surface area contributed by atoms with Gasteiger partial charge in [-0.1, -0.05) is 23.7 Å². The number of carbonyl (C=O) groups is 2. The Hall–Kier alpha value is -3.25. The molecule has 6 nitrogen and oxygen atoms in total. The van der Waals surface area contributed by atoms with Crippen LogP contribution in [0.15, 0.2) is 66.9 Å². The van der Waals surface area contributed by atoms with Crippen molar-refractivity contribution in [3.8, 4) is 5.75 Å². The number of amides is 2. The Morgan fingerprint density at radius 3 is 2.55 bits per heavy atom. The average Bonchev–Trinajstić information content (AvgIpc) is 3.30. The number of halogens is 1. The SMILES string of the molecule is COc1cccc(C2c3cccn3CCN2C(=O)CN(C(=O)c2ccc(Cl)cc2)C(C)C)c1. The van der Waals surface area contributed by atoms with Gasteiger partial charge in [0.2, 0.25) is 5.91 Å². The summed E-state index contributed by atoms with van der Waals surface area (Å²) in [5, 5.41) is 0.566. The van der Waals surface area contributed by atoms with Gasteiger partial charge in [-0.25, -0.2) is 0 Å². The molecule has 3 aromatic rings. The highest BCUT2D eigenvalue weighted by Gasteiger charge is 2.34. The lowest BCUT2D eigenvalue weighted by molar-refractivity contribution is -0.135. The van der Waals surface area contributed by atoms with Crippen molar-refractivity contribution in [3.63, 3.8) is 0 Å². The number of rotatable bonds is 6. The van der Waals surface area contributed by atoms with Crippen LogP contribution in [-0.4, -0.2) is 52.4 Å². The molecule has 0 saturated heterocycles. The Labute approximate surface area is 199 Å². The average molecular weight is 466 g/mol. The van der Waals surface area contributed by atoms with Gasteiger partial charge in [-0.05, 0) is 67.9 Å². The first-order valence-corrected chi connectivity index (χ1v) is 11.4. The number of carbonyl (C=O) groups excluding carboxylic acids is 2. The topological polar surface area (TPSA) is 54.8 Å². The summed E-state index contributed by atoms with van der Waals surface area (Å²) in [7, 11) is 1.63. The molecule has 0 N–H and O–H groups in total. The number of hydrogen-bond acceptors (Lipinski definition) is 3. The molecule has 0 spiro atoms. The van der Waals surface area contributed by atoms with Gasteiger partial charge in [-0.2, -0.15) is 0 Å². The van der Waals surface area contributed by atoms with E-state index in [0.717, 1.165) is 17.0 Å². The van der Waals surface area contributed by atoms with E-state index in [1.165, 1.54) is 0 Å². The van der Waals surface area contributed by atoms with Crippen LogP contribution >= 0.6 is 11.6 Å². The minimum Gasteiger partial charge on any atom is -0.497 e. The largest absolute Gasteiger partial charge is 0.497 e. The van der Waals surface area contributed by atoms with Crippen molar-refractivity contribution in [2.75, 3.05) is 20.2 Å². The molecule has 0 bridgehead atoms. The summed E-state index contributed by atoms with van der Waals surface area (Å²) < 4.78 is 7.60. The smallest absolute Gasteiger partial charge is 0.254 e. The van der Waals surface area contributed by atoms with Crippen LogP contribution in [0.2, 0.25) is 5.02 Å². The number of ether oxygens (including phenoxy) is 1. The molecule has 0 aliphatic carbocycles. The molecule has 2 aromatic carbocycles. The molecule has 2 amide bonds. The number of methoxy groups -OCH3 is 1. The minimum atomic E-state index is -0.254. The van der Waals surface area contributed by atoms with Gasteiger partial charge < -0.3 is 19.1 Å². The predicted octanol–water partition coefficient (Wildman–Crippen LogP) is 4.63. The van der Waals surface area contributed by atoms with E-state index in [9.17, 15) is 9.59 Å². The summed E-state index contributed by atoms with van der Waals surface area (Å²) in [6, 6.07) is 18.2. The lowest BCUT2D eigenvalue weighted by Crippen LogP contribution is -2.49. The maximum absolute atomic E-state index is 13.6. The van der Waals surface area contributed by atoms with E-state index >= 15 is 0 Å². The third kappa shape index (κ3) is 4.76. The lowest BCUT2D eigenvalue weighted by Gasteiger charge is -2.39. The zero-order chi connectivity index (χ0) is 23.5. The number of benzene rings is 2. The van der Waals surface area contributed by atoms with E-state index in [4.69, 9.17) is 16.3 Å². The standard InChI is InChI=1S/C26H28ClN3O3/c1-18(2)30(26(32)19-9-11-21(27)12-10-19)17-24(31)29-15-14-28-13-5-8-23(28)25(29)20-6-4-7-22(16-20)33-3/h4-13,16,18,25H,14-15,17H2,1-3H3. The second-order valence-corrected chi connectivity index (χ2v) is 8.86. The molecule has 0 radical (unpaired) electrons. The number of hydrogen-bond donors (Lipinski definition) is 0. The molecule has 1 aliphatic rings. The molecule has 1 aromatic heterocycles. The first-order chi connectivity index (χ1) is 15.9. The fraction of sp³-hybridized carbons (Fsp3) is 0.308. The van der Waals surface area contributed by atoms with E-state index in [2.05, 4.69) is 4.57 Å². The highest BCUT2D eigenvalue weighted by molar-refractivity contribution is 6.30. The van der Waals surface area contributed by atoms with E-state index in [1.54, 1.807) is 36.3 Å². The third-order valence-corrected chi connectivity index (χ3v) is 6.30. The zero-order valence-corrected chi connectivity index (χ0v) is 19.8. The van der Waals surface area contributed by atoms with Gasteiger partial charge in [0.1, 0.15) is 12.3 Å². The maximum atomic E-state index is 13.6.